The van der Waals surface area contributed by atoms with Crippen molar-refractivity contribution in [3.8, 4) is 0 Å². The zero-order valence-electron chi connectivity index (χ0n) is 13.5. The van der Waals surface area contributed by atoms with Crippen LogP contribution >= 0.6 is 23.8 Å². The summed E-state index contributed by atoms with van der Waals surface area (Å²) in [6, 6.07) is 12.0. The molecule has 2 aromatic rings. The van der Waals surface area contributed by atoms with Gasteiger partial charge in [-0.05, 0) is 37.5 Å². The molecule has 0 radical (unpaired) electrons. The van der Waals surface area contributed by atoms with Crippen molar-refractivity contribution in [3.05, 3.63) is 47.1 Å². The molecule has 1 atom stereocenters. The first-order valence-corrected chi connectivity index (χ1v) is 8.82. The van der Waals surface area contributed by atoms with Gasteiger partial charge < -0.3 is 15.5 Å². The van der Waals surface area contributed by atoms with Gasteiger partial charge in [-0.1, -0.05) is 41.9 Å². The molecule has 0 saturated carbocycles. The highest BCUT2D eigenvalue weighted by molar-refractivity contribution is 7.80. The monoisotopic (exact) mass is 361 g/mol. The standard InChI is InChI=1S/C17H20ClN5S/c1-12(13-7-3-2-4-8-13)19-17(24)22-16-20-14(18)11-15(21-16)23-9-5-6-10-23/h2-4,7-8,11-12H,5-6,9-10H2,1H3,(H2,19,20,21,22,24). The van der Waals surface area contributed by atoms with Gasteiger partial charge in [0.25, 0.3) is 0 Å². The first-order valence-electron chi connectivity index (χ1n) is 8.04. The molecule has 1 aliphatic rings. The van der Waals surface area contributed by atoms with Crippen LogP contribution in [0.15, 0.2) is 36.4 Å². The van der Waals surface area contributed by atoms with Crippen LogP contribution in [-0.4, -0.2) is 28.2 Å². The maximum Gasteiger partial charge on any atom is 0.232 e. The fraction of sp³-hybridized carbons (Fsp3) is 0.353. The summed E-state index contributed by atoms with van der Waals surface area (Å²) in [4.78, 5) is 11.0. The molecule has 0 spiro atoms. The summed E-state index contributed by atoms with van der Waals surface area (Å²) < 4.78 is 0. The number of rotatable bonds is 4. The minimum atomic E-state index is 0.0865. The Morgan fingerprint density at radius 2 is 1.92 bits per heavy atom. The molecular weight excluding hydrogens is 342 g/mol. The smallest absolute Gasteiger partial charge is 0.232 e. The topological polar surface area (TPSA) is 53.1 Å². The molecule has 3 rings (SSSR count). The molecule has 7 heteroatoms. The predicted octanol–water partition coefficient (Wildman–Crippen LogP) is 3.78. The van der Waals surface area contributed by atoms with Gasteiger partial charge in [-0.25, -0.2) is 4.98 Å². The van der Waals surface area contributed by atoms with Crippen molar-refractivity contribution in [1.82, 2.24) is 15.3 Å². The number of nitrogens with one attached hydrogen (secondary N) is 2. The van der Waals surface area contributed by atoms with E-state index in [2.05, 4.69) is 44.6 Å². The van der Waals surface area contributed by atoms with Gasteiger partial charge in [0.15, 0.2) is 5.11 Å². The lowest BCUT2D eigenvalue weighted by Crippen LogP contribution is -2.31. The molecule has 5 nitrogen and oxygen atoms in total. The minimum absolute atomic E-state index is 0.0865. The highest BCUT2D eigenvalue weighted by Gasteiger charge is 2.16. The molecule has 24 heavy (non-hydrogen) atoms. The van der Waals surface area contributed by atoms with Crippen LogP contribution in [0.5, 0.6) is 0 Å². The average molecular weight is 362 g/mol. The third kappa shape index (κ3) is 4.33. The van der Waals surface area contributed by atoms with E-state index in [4.69, 9.17) is 23.8 Å². The number of nitrogens with zero attached hydrogens (tertiary/aromatic N) is 3. The lowest BCUT2D eigenvalue weighted by atomic mass is 10.1. The molecule has 1 unspecified atom stereocenters. The van der Waals surface area contributed by atoms with Crippen LogP contribution in [0.2, 0.25) is 5.15 Å². The van der Waals surface area contributed by atoms with Gasteiger partial charge in [0.05, 0.1) is 6.04 Å². The number of anilines is 2. The fourth-order valence-corrected chi connectivity index (χ4v) is 3.17. The molecule has 1 aliphatic heterocycles. The summed E-state index contributed by atoms with van der Waals surface area (Å²) in [6.07, 6.45) is 2.36. The molecule has 2 N–H and O–H groups in total. The van der Waals surface area contributed by atoms with Gasteiger partial charge in [0.2, 0.25) is 5.95 Å². The van der Waals surface area contributed by atoms with Crippen LogP contribution in [0.25, 0.3) is 0 Å². The Hall–Kier alpha value is -1.92. The van der Waals surface area contributed by atoms with Crippen molar-refractivity contribution in [1.29, 1.82) is 0 Å². The van der Waals surface area contributed by atoms with Crippen molar-refractivity contribution in [2.45, 2.75) is 25.8 Å². The van der Waals surface area contributed by atoms with Gasteiger partial charge in [-0.3, -0.25) is 0 Å². The zero-order valence-corrected chi connectivity index (χ0v) is 15.1. The Labute approximate surface area is 152 Å². The zero-order chi connectivity index (χ0) is 16.9. The Balaban J connectivity index is 1.65. The van der Waals surface area contributed by atoms with Gasteiger partial charge in [-0.15, -0.1) is 0 Å². The van der Waals surface area contributed by atoms with E-state index >= 15 is 0 Å². The van der Waals surface area contributed by atoms with Gasteiger partial charge in [0.1, 0.15) is 11.0 Å². The SMILES string of the molecule is CC(NC(=S)Nc1nc(Cl)cc(N2CCCC2)n1)c1ccccc1. The van der Waals surface area contributed by atoms with Crippen molar-refractivity contribution >= 4 is 40.7 Å². The first-order chi connectivity index (χ1) is 11.6. The quantitative estimate of drug-likeness (QED) is 0.638. The van der Waals surface area contributed by atoms with Gasteiger partial charge in [0, 0.05) is 19.2 Å². The normalized spacial score (nSPS) is 15.2. The van der Waals surface area contributed by atoms with Crippen LogP contribution in [0.1, 0.15) is 31.4 Å². The van der Waals surface area contributed by atoms with E-state index in [1.807, 2.05) is 18.2 Å². The number of hydrogen-bond acceptors (Lipinski definition) is 4. The highest BCUT2D eigenvalue weighted by atomic mass is 35.5. The second-order valence-electron chi connectivity index (χ2n) is 5.80. The van der Waals surface area contributed by atoms with Crippen LogP contribution in [0.4, 0.5) is 11.8 Å². The Morgan fingerprint density at radius 3 is 2.62 bits per heavy atom. The molecule has 1 aromatic carbocycles. The molecule has 0 aliphatic carbocycles. The van der Waals surface area contributed by atoms with E-state index in [1.165, 1.54) is 12.8 Å². The third-order valence-electron chi connectivity index (χ3n) is 3.98. The minimum Gasteiger partial charge on any atom is -0.356 e. The predicted molar refractivity (Wildman–Crippen MR) is 103 cm³/mol. The summed E-state index contributed by atoms with van der Waals surface area (Å²) in [5.41, 5.74) is 1.16. The van der Waals surface area contributed by atoms with Crippen molar-refractivity contribution < 1.29 is 0 Å². The molecule has 1 saturated heterocycles. The lowest BCUT2D eigenvalue weighted by Gasteiger charge is -2.19. The van der Waals surface area contributed by atoms with Gasteiger partial charge in [-0.2, -0.15) is 4.98 Å². The Morgan fingerprint density at radius 1 is 1.21 bits per heavy atom. The van der Waals surface area contributed by atoms with Crippen LogP contribution in [-0.2, 0) is 0 Å². The van der Waals surface area contributed by atoms with Crippen LogP contribution in [0, 0.1) is 0 Å². The van der Waals surface area contributed by atoms with E-state index in [0.29, 0.717) is 16.2 Å². The van der Waals surface area contributed by atoms with Crippen LogP contribution in [0.3, 0.4) is 0 Å². The van der Waals surface area contributed by atoms with E-state index in [1.54, 1.807) is 6.07 Å². The number of benzene rings is 1. The number of aromatic nitrogens is 2. The van der Waals surface area contributed by atoms with E-state index in [-0.39, 0.29) is 6.04 Å². The van der Waals surface area contributed by atoms with E-state index < -0.39 is 0 Å². The average Bonchev–Trinajstić information content (AvgIpc) is 3.09. The third-order valence-corrected chi connectivity index (χ3v) is 4.40. The second-order valence-corrected chi connectivity index (χ2v) is 6.59. The number of hydrogen-bond donors (Lipinski definition) is 2. The first kappa shape index (κ1) is 16.9. The van der Waals surface area contributed by atoms with E-state index in [0.717, 1.165) is 24.5 Å². The Bertz CT molecular complexity index is 703. The molecule has 126 valence electrons. The Kier molecular flexibility index (Phi) is 5.48. The van der Waals surface area contributed by atoms with Crippen LogP contribution < -0.4 is 15.5 Å². The molecule has 1 fully saturated rings. The largest absolute Gasteiger partial charge is 0.356 e. The molecular formula is C17H20ClN5S. The summed E-state index contributed by atoms with van der Waals surface area (Å²) in [5, 5.41) is 7.15. The summed E-state index contributed by atoms with van der Waals surface area (Å²) in [5.74, 6) is 1.26. The maximum absolute atomic E-state index is 6.13. The second kappa shape index (κ2) is 7.77. The highest BCUT2D eigenvalue weighted by Crippen LogP contribution is 2.22. The lowest BCUT2D eigenvalue weighted by molar-refractivity contribution is 0.722. The van der Waals surface area contributed by atoms with Gasteiger partial charge >= 0.3 is 0 Å². The molecule has 0 bridgehead atoms. The number of thiocarbonyl (C=S) groups is 1. The van der Waals surface area contributed by atoms with Crippen molar-refractivity contribution in [2.24, 2.45) is 0 Å². The van der Waals surface area contributed by atoms with Crippen molar-refractivity contribution in [2.75, 3.05) is 23.3 Å². The van der Waals surface area contributed by atoms with Crippen molar-refractivity contribution in [3.63, 3.8) is 0 Å². The van der Waals surface area contributed by atoms with E-state index in [9.17, 15) is 0 Å². The summed E-state index contributed by atoms with van der Waals surface area (Å²) in [6.45, 7) is 4.05. The maximum atomic E-state index is 6.13. The number of halogens is 1. The fourth-order valence-electron chi connectivity index (χ4n) is 2.73. The molecule has 1 aromatic heterocycles. The molecule has 2 heterocycles. The summed E-state index contributed by atoms with van der Waals surface area (Å²) >= 11 is 11.5. The summed E-state index contributed by atoms with van der Waals surface area (Å²) in [7, 11) is 0. The molecule has 0 amide bonds.